The van der Waals surface area contributed by atoms with E-state index >= 15 is 0 Å². The van der Waals surface area contributed by atoms with Crippen molar-refractivity contribution in [2.75, 3.05) is 0 Å². The summed E-state index contributed by atoms with van der Waals surface area (Å²) >= 11 is 0. The van der Waals surface area contributed by atoms with Crippen LogP contribution in [0.25, 0.3) is 138 Å². The maximum absolute atomic E-state index is 5.19. The van der Waals surface area contributed by atoms with E-state index < -0.39 is 0 Å². The predicted molar refractivity (Wildman–Crippen MR) is 297 cm³/mol. The molecule has 0 saturated heterocycles. The minimum Gasteiger partial charge on any atom is -0.309 e. The van der Waals surface area contributed by atoms with Gasteiger partial charge in [-0.3, -0.25) is 0 Å². The molecular weight excluding hydrogens is 861 g/mol. The van der Waals surface area contributed by atoms with E-state index in [2.05, 4.69) is 223 Å². The van der Waals surface area contributed by atoms with Crippen molar-refractivity contribution < 1.29 is 0 Å². The molecular formula is C67H42N4. The first-order chi connectivity index (χ1) is 35.2. The Morgan fingerprint density at radius 3 is 1.14 bits per heavy atom. The molecule has 0 bridgehead atoms. The number of hydrogen-bond acceptors (Lipinski definition) is 3. The van der Waals surface area contributed by atoms with Gasteiger partial charge in [-0.05, 0) is 101 Å². The molecule has 0 spiro atoms. The summed E-state index contributed by atoms with van der Waals surface area (Å²) in [6.07, 6.45) is 0. The molecule has 71 heavy (non-hydrogen) atoms. The van der Waals surface area contributed by atoms with Crippen LogP contribution in [-0.4, -0.2) is 19.5 Å². The molecule has 0 N–H and O–H groups in total. The molecule has 4 nitrogen and oxygen atoms in total. The van der Waals surface area contributed by atoms with Crippen LogP contribution in [0.2, 0.25) is 0 Å². The Labute approximate surface area is 410 Å². The molecule has 0 atom stereocenters. The first kappa shape index (κ1) is 40.5. The minimum absolute atomic E-state index is 0.630. The van der Waals surface area contributed by atoms with Gasteiger partial charge >= 0.3 is 0 Å². The van der Waals surface area contributed by atoms with Crippen LogP contribution in [0.15, 0.2) is 255 Å². The van der Waals surface area contributed by atoms with Crippen molar-refractivity contribution in [3.8, 4) is 73.2 Å². The first-order valence-corrected chi connectivity index (χ1v) is 24.2. The van der Waals surface area contributed by atoms with E-state index in [1.54, 1.807) is 0 Å². The highest BCUT2D eigenvalue weighted by Crippen LogP contribution is 2.46. The van der Waals surface area contributed by atoms with E-state index in [4.69, 9.17) is 15.0 Å². The quantitative estimate of drug-likeness (QED) is 0.150. The largest absolute Gasteiger partial charge is 0.309 e. The second kappa shape index (κ2) is 16.6. The monoisotopic (exact) mass is 902 g/mol. The smallest absolute Gasteiger partial charge is 0.164 e. The number of fused-ring (bicyclic) bond motifs is 10. The lowest BCUT2D eigenvalue weighted by Crippen LogP contribution is -2.01. The minimum atomic E-state index is 0.630. The van der Waals surface area contributed by atoms with Crippen molar-refractivity contribution in [1.82, 2.24) is 19.5 Å². The van der Waals surface area contributed by atoms with Crippen molar-refractivity contribution in [1.29, 1.82) is 0 Å². The summed E-state index contributed by atoms with van der Waals surface area (Å²) in [6.45, 7) is 0. The van der Waals surface area contributed by atoms with Crippen LogP contribution >= 0.6 is 0 Å². The standard InChI is InChI=1S/C67H42N4/c1-5-19-43(20-6-1)47-33-35-56-57-36-34-48(44-21-7-2-8-22-44)41-62(57)71(61(56)40-47)63-42-49(39-60-55-31-16-14-28-52(55)53-29-17-18-32-58(53)64(60)63)50-37-38-59(54-30-15-13-27-51(50)54)67-69-65(45-23-9-3-10-24-45)68-66(70-67)46-25-11-4-12-26-46/h1-42H. The summed E-state index contributed by atoms with van der Waals surface area (Å²) in [5, 5.41) is 11.9. The van der Waals surface area contributed by atoms with Gasteiger partial charge in [-0.15, -0.1) is 0 Å². The van der Waals surface area contributed by atoms with Gasteiger partial charge in [0.25, 0.3) is 0 Å². The fourth-order valence-electron chi connectivity index (χ4n) is 10.9. The Balaban J connectivity index is 1.08. The molecule has 12 aromatic carbocycles. The van der Waals surface area contributed by atoms with Gasteiger partial charge < -0.3 is 4.57 Å². The Morgan fingerprint density at radius 1 is 0.225 bits per heavy atom. The van der Waals surface area contributed by atoms with Crippen LogP contribution < -0.4 is 0 Å². The summed E-state index contributed by atoms with van der Waals surface area (Å²) < 4.78 is 2.55. The third-order valence-electron chi connectivity index (χ3n) is 14.2. The molecule has 14 rings (SSSR count). The Hall–Kier alpha value is -9.51. The number of aromatic nitrogens is 4. The van der Waals surface area contributed by atoms with Crippen molar-refractivity contribution in [3.63, 3.8) is 0 Å². The summed E-state index contributed by atoms with van der Waals surface area (Å²) in [4.78, 5) is 15.4. The fraction of sp³-hybridized carbons (Fsp3) is 0. The molecule has 0 aliphatic heterocycles. The van der Waals surface area contributed by atoms with E-state index in [0.29, 0.717) is 17.5 Å². The molecule has 0 aliphatic rings. The van der Waals surface area contributed by atoms with Crippen LogP contribution in [0.3, 0.4) is 0 Å². The van der Waals surface area contributed by atoms with Gasteiger partial charge in [-0.1, -0.05) is 224 Å². The third kappa shape index (κ3) is 6.80. The van der Waals surface area contributed by atoms with E-state index in [1.165, 1.54) is 65.3 Å². The molecule has 14 aromatic rings. The van der Waals surface area contributed by atoms with E-state index in [0.717, 1.165) is 55.3 Å². The van der Waals surface area contributed by atoms with Gasteiger partial charge in [0.05, 0.1) is 16.7 Å². The highest BCUT2D eigenvalue weighted by atomic mass is 15.0. The Kier molecular flexibility index (Phi) is 9.49. The van der Waals surface area contributed by atoms with E-state index in [9.17, 15) is 0 Å². The number of nitrogens with zero attached hydrogens (tertiary/aromatic N) is 4. The van der Waals surface area contributed by atoms with Crippen LogP contribution in [0.1, 0.15) is 0 Å². The maximum atomic E-state index is 5.19. The molecule has 2 aromatic heterocycles. The highest BCUT2D eigenvalue weighted by Gasteiger charge is 2.22. The Bertz CT molecular complexity index is 4220. The molecule has 4 heteroatoms. The molecule has 330 valence electrons. The van der Waals surface area contributed by atoms with Gasteiger partial charge in [0.15, 0.2) is 17.5 Å². The molecule has 0 radical (unpaired) electrons. The third-order valence-corrected chi connectivity index (χ3v) is 14.2. The van der Waals surface area contributed by atoms with Gasteiger partial charge in [-0.25, -0.2) is 15.0 Å². The van der Waals surface area contributed by atoms with Gasteiger partial charge in [0, 0.05) is 32.8 Å². The Morgan fingerprint density at radius 2 is 0.620 bits per heavy atom. The summed E-state index contributed by atoms with van der Waals surface area (Å²) in [7, 11) is 0. The second-order valence-corrected chi connectivity index (χ2v) is 18.3. The highest BCUT2D eigenvalue weighted by molar-refractivity contribution is 6.29. The molecule has 0 saturated carbocycles. The molecule has 2 heterocycles. The molecule has 0 unspecified atom stereocenters. The zero-order chi connectivity index (χ0) is 46.8. The fourth-order valence-corrected chi connectivity index (χ4v) is 10.9. The van der Waals surface area contributed by atoms with E-state index in [-0.39, 0.29) is 0 Å². The normalized spacial score (nSPS) is 11.7. The summed E-state index contributed by atoms with van der Waals surface area (Å²) in [5.74, 6) is 1.90. The lowest BCUT2D eigenvalue weighted by atomic mass is 9.89. The second-order valence-electron chi connectivity index (χ2n) is 18.3. The van der Waals surface area contributed by atoms with E-state index in [1.807, 2.05) is 36.4 Å². The summed E-state index contributed by atoms with van der Waals surface area (Å²) in [6, 6.07) is 91.7. The first-order valence-electron chi connectivity index (χ1n) is 24.2. The summed E-state index contributed by atoms with van der Waals surface area (Å²) in [5.41, 5.74) is 13.2. The SMILES string of the molecule is c1ccc(-c2ccc3c4ccc(-c5ccccc5)cc4n(-c4cc(-c5ccc(-c6nc(-c7ccccc7)nc(-c7ccccc7)n6)c6ccccc56)cc5c6ccccc6c6ccccc6c45)c3c2)cc1. The van der Waals surface area contributed by atoms with Gasteiger partial charge in [0.1, 0.15) is 0 Å². The maximum Gasteiger partial charge on any atom is 0.164 e. The molecule has 0 aliphatic carbocycles. The zero-order valence-electron chi connectivity index (χ0n) is 38.5. The lowest BCUT2D eigenvalue weighted by Gasteiger charge is -2.20. The van der Waals surface area contributed by atoms with Crippen molar-refractivity contribution in [3.05, 3.63) is 255 Å². The van der Waals surface area contributed by atoms with Crippen LogP contribution in [0.5, 0.6) is 0 Å². The van der Waals surface area contributed by atoms with Crippen LogP contribution in [0.4, 0.5) is 0 Å². The molecule has 0 fully saturated rings. The zero-order valence-corrected chi connectivity index (χ0v) is 38.5. The number of rotatable bonds is 7. The average molecular weight is 903 g/mol. The predicted octanol–water partition coefficient (Wildman–Crippen LogP) is 17.6. The van der Waals surface area contributed by atoms with Gasteiger partial charge in [-0.2, -0.15) is 0 Å². The number of benzene rings is 12. The van der Waals surface area contributed by atoms with Crippen molar-refractivity contribution >= 4 is 64.9 Å². The molecule has 0 amide bonds. The average Bonchev–Trinajstić information content (AvgIpc) is 3.78. The van der Waals surface area contributed by atoms with Crippen LogP contribution in [-0.2, 0) is 0 Å². The number of hydrogen-bond donors (Lipinski definition) is 0. The van der Waals surface area contributed by atoms with Crippen molar-refractivity contribution in [2.24, 2.45) is 0 Å². The van der Waals surface area contributed by atoms with Crippen LogP contribution in [0, 0.1) is 0 Å². The van der Waals surface area contributed by atoms with Crippen molar-refractivity contribution in [2.45, 2.75) is 0 Å². The lowest BCUT2D eigenvalue weighted by molar-refractivity contribution is 1.08. The van der Waals surface area contributed by atoms with Gasteiger partial charge in [0.2, 0.25) is 0 Å². The topological polar surface area (TPSA) is 43.6 Å².